The van der Waals surface area contributed by atoms with Crippen LogP contribution in [0.1, 0.15) is 72.2 Å². The summed E-state index contributed by atoms with van der Waals surface area (Å²) in [5, 5.41) is 0. The molecular formula is C61H47N. The highest BCUT2D eigenvalue weighted by molar-refractivity contribution is 5.93. The summed E-state index contributed by atoms with van der Waals surface area (Å²) < 4.78 is 0. The van der Waals surface area contributed by atoms with E-state index in [1.165, 1.54) is 89.0 Å². The molecule has 9 aromatic carbocycles. The molecule has 0 amide bonds. The van der Waals surface area contributed by atoms with Crippen molar-refractivity contribution in [3.05, 3.63) is 257 Å². The van der Waals surface area contributed by atoms with E-state index >= 15 is 0 Å². The van der Waals surface area contributed by atoms with Crippen LogP contribution in [0.15, 0.2) is 212 Å². The lowest BCUT2D eigenvalue weighted by molar-refractivity contribution is 0.563. The molecule has 3 aliphatic carbocycles. The van der Waals surface area contributed by atoms with Gasteiger partial charge in [0.1, 0.15) is 0 Å². The van der Waals surface area contributed by atoms with Crippen molar-refractivity contribution in [2.24, 2.45) is 0 Å². The Labute approximate surface area is 365 Å². The number of rotatable bonds is 5. The van der Waals surface area contributed by atoms with E-state index in [1.807, 2.05) is 0 Å². The Morgan fingerprint density at radius 1 is 0.258 bits per heavy atom. The summed E-state index contributed by atoms with van der Waals surface area (Å²) in [7, 11) is 0. The van der Waals surface area contributed by atoms with Crippen LogP contribution in [0.2, 0.25) is 0 Å². The van der Waals surface area contributed by atoms with Crippen molar-refractivity contribution in [3.63, 3.8) is 0 Å². The van der Waals surface area contributed by atoms with Gasteiger partial charge in [-0.2, -0.15) is 0 Å². The number of benzene rings is 9. The molecule has 0 aromatic heterocycles. The molecule has 1 nitrogen and oxygen atoms in total. The minimum atomic E-state index is -0.501. The molecule has 0 bridgehead atoms. The maximum Gasteiger partial charge on any atom is 0.0720 e. The summed E-state index contributed by atoms with van der Waals surface area (Å²) in [6.45, 7) is 9.56. The third kappa shape index (κ3) is 5.09. The first-order chi connectivity index (χ1) is 30.3. The number of hydrogen-bond donors (Lipinski definition) is 0. The second-order valence-corrected chi connectivity index (χ2v) is 18.5. The van der Waals surface area contributed by atoms with Crippen molar-refractivity contribution in [3.8, 4) is 44.5 Å². The molecule has 0 atom stereocenters. The molecule has 0 radical (unpaired) electrons. The van der Waals surface area contributed by atoms with E-state index < -0.39 is 5.41 Å². The average Bonchev–Trinajstić information content (AvgIpc) is 3.74. The fourth-order valence-corrected chi connectivity index (χ4v) is 11.6. The first-order valence-corrected chi connectivity index (χ1v) is 22.0. The molecule has 0 unspecified atom stereocenters. The molecule has 1 heteroatoms. The SMILES string of the molecule is CC1(C)c2ccccc2-c2ccc(N(c3cc(-c4ccccc4)cc(-c4ccccc4)c3)c3ccc4c(c3)C3(c5ccccc5-4)c4ccccc4C(C)(C)c4ccccc43)cc21. The van der Waals surface area contributed by atoms with E-state index in [0.29, 0.717) is 0 Å². The topological polar surface area (TPSA) is 3.24 Å². The molecule has 0 heterocycles. The molecule has 3 aliphatic rings. The molecule has 296 valence electrons. The molecule has 62 heavy (non-hydrogen) atoms. The Morgan fingerprint density at radius 2 is 0.645 bits per heavy atom. The monoisotopic (exact) mass is 793 g/mol. The van der Waals surface area contributed by atoms with Gasteiger partial charge in [-0.1, -0.05) is 198 Å². The van der Waals surface area contributed by atoms with Gasteiger partial charge < -0.3 is 4.90 Å². The van der Waals surface area contributed by atoms with Crippen molar-refractivity contribution in [2.75, 3.05) is 4.90 Å². The summed E-state index contributed by atoms with van der Waals surface area (Å²) in [6.07, 6.45) is 0. The van der Waals surface area contributed by atoms with E-state index in [9.17, 15) is 0 Å². The van der Waals surface area contributed by atoms with Gasteiger partial charge in [0.2, 0.25) is 0 Å². The molecule has 0 saturated heterocycles. The molecule has 0 fully saturated rings. The number of anilines is 3. The van der Waals surface area contributed by atoms with Crippen LogP contribution in [0.25, 0.3) is 44.5 Å². The van der Waals surface area contributed by atoms with Crippen LogP contribution >= 0.6 is 0 Å². The van der Waals surface area contributed by atoms with Crippen LogP contribution in [-0.4, -0.2) is 0 Å². The maximum atomic E-state index is 2.53. The Morgan fingerprint density at radius 3 is 1.19 bits per heavy atom. The average molecular weight is 794 g/mol. The summed E-state index contributed by atoms with van der Waals surface area (Å²) in [6, 6.07) is 79.8. The Bertz CT molecular complexity index is 3130. The van der Waals surface area contributed by atoms with Gasteiger partial charge >= 0.3 is 0 Å². The van der Waals surface area contributed by atoms with Crippen LogP contribution in [0.4, 0.5) is 17.1 Å². The van der Waals surface area contributed by atoms with Crippen molar-refractivity contribution in [1.82, 2.24) is 0 Å². The van der Waals surface area contributed by atoms with Crippen LogP contribution in [0.3, 0.4) is 0 Å². The molecule has 9 aromatic rings. The lowest BCUT2D eigenvalue weighted by Gasteiger charge is -2.46. The largest absolute Gasteiger partial charge is 0.310 e. The first kappa shape index (κ1) is 36.6. The normalized spacial score (nSPS) is 15.2. The lowest BCUT2D eigenvalue weighted by atomic mass is 9.55. The van der Waals surface area contributed by atoms with Gasteiger partial charge in [0.25, 0.3) is 0 Å². The number of nitrogens with zero attached hydrogens (tertiary/aromatic N) is 1. The van der Waals surface area contributed by atoms with Gasteiger partial charge in [0, 0.05) is 27.9 Å². The third-order valence-corrected chi connectivity index (χ3v) is 14.5. The Hall–Kier alpha value is -7.22. The zero-order chi connectivity index (χ0) is 41.8. The summed E-state index contributed by atoms with van der Waals surface area (Å²) in [5.41, 5.74) is 23.5. The summed E-state index contributed by atoms with van der Waals surface area (Å²) in [5.74, 6) is 0. The van der Waals surface area contributed by atoms with Gasteiger partial charge in [0.05, 0.1) is 5.41 Å². The van der Waals surface area contributed by atoms with Gasteiger partial charge in [-0.3, -0.25) is 0 Å². The van der Waals surface area contributed by atoms with Crippen LogP contribution in [0, 0.1) is 0 Å². The Kier molecular flexibility index (Phi) is 7.91. The van der Waals surface area contributed by atoms with Crippen LogP contribution in [-0.2, 0) is 16.2 Å². The second-order valence-electron chi connectivity index (χ2n) is 18.5. The van der Waals surface area contributed by atoms with Crippen molar-refractivity contribution in [1.29, 1.82) is 0 Å². The van der Waals surface area contributed by atoms with Gasteiger partial charge in [-0.25, -0.2) is 0 Å². The van der Waals surface area contributed by atoms with E-state index in [0.717, 1.165) is 17.1 Å². The van der Waals surface area contributed by atoms with Gasteiger partial charge in [0.15, 0.2) is 0 Å². The lowest BCUT2D eigenvalue weighted by Crippen LogP contribution is -2.40. The van der Waals surface area contributed by atoms with Crippen LogP contribution < -0.4 is 4.90 Å². The van der Waals surface area contributed by atoms with E-state index in [2.05, 4.69) is 245 Å². The fraction of sp³-hybridized carbons (Fsp3) is 0.115. The predicted molar refractivity (Wildman–Crippen MR) is 259 cm³/mol. The van der Waals surface area contributed by atoms with E-state index in [4.69, 9.17) is 0 Å². The predicted octanol–water partition coefficient (Wildman–Crippen LogP) is 15.8. The highest BCUT2D eigenvalue weighted by Crippen LogP contribution is 2.63. The second kappa shape index (κ2) is 13.4. The van der Waals surface area contributed by atoms with Crippen LogP contribution in [0.5, 0.6) is 0 Å². The first-order valence-electron chi connectivity index (χ1n) is 22.0. The van der Waals surface area contributed by atoms with E-state index in [-0.39, 0.29) is 10.8 Å². The van der Waals surface area contributed by atoms with E-state index in [1.54, 1.807) is 0 Å². The molecule has 1 spiro atoms. The minimum Gasteiger partial charge on any atom is -0.310 e. The standard InChI is InChI=1S/C61H47N/c1-59(2)51-25-13-11-23-47(51)49-33-31-44(38-57(49)59)62(46-36-42(40-19-7-5-8-20-40)35-43(37-46)41-21-9-6-10-22-41)45-32-34-50-48-24-12-14-26-52(48)61(58(50)39-45)55-29-17-15-27-53(55)60(3,4)54-28-16-18-30-56(54)61/h5-39H,1-4H3. The highest BCUT2D eigenvalue weighted by Gasteiger charge is 2.53. The molecule has 12 rings (SSSR count). The number of fused-ring (bicyclic) bond motifs is 12. The number of hydrogen-bond acceptors (Lipinski definition) is 1. The molecule has 0 aliphatic heterocycles. The molecule has 0 N–H and O–H groups in total. The zero-order valence-electron chi connectivity index (χ0n) is 35.7. The zero-order valence-corrected chi connectivity index (χ0v) is 35.7. The minimum absolute atomic E-state index is 0.152. The maximum absolute atomic E-state index is 2.53. The smallest absolute Gasteiger partial charge is 0.0720 e. The molecular weight excluding hydrogens is 747 g/mol. The highest BCUT2D eigenvalue weighted by atomic mass is 15.1. The quantitative estimate of drug-likeness (QED) is 0.168. The van der Waals surface area contributed by atoms with Crippen molar-refractivity contribution >= 4 is 17.1 Å². The summed E-state index contributed by atoms with van der Waals surface area (Å²) >= 11 is 0. The third-order valence-electron chi connectivity index (χ3n) is 14.5. The summed E-state index contributed by atoms with van der Waals surface area (Å²) in [4.78, 5) is 2.53. The van der Waals surface area contributed by atoms with Gasteiger partial charge in [-0.15, -0.1) is 0 Å². The van der Waals surface area contributed by atoms with Gasteiger partial charge in [-0.05, 0) is 131 Å². The fourth-order valence-electron chi connectivity index (χ4n) is 11.6. The van der Waals surface area contributed by atoms with Crippen molar-refractivity contribution < 1.29 is 0 Å². The van der Waals surface area contributed by atoms with Crippen molar-refractivity contribution in [2.45, 2.75) is 43.9 Å². The molecule has 0 saturated carbocycles. The Balaban J connectivity index is 1.16.